The molecule has 2 aliphatic rings. The zero-order chi connectivity index (χ0) is 19.0. The second-order valence-corrected chi connectivity index (χ2v) is 7.90. The van der Waals surface area contributed by atoms with Gasteiger partial charge in [-0.3, -0.25) is 14.9 Å². The highest BCUT2D eigenvalue weighted by Gasteiger charge is 2.51. The van der Waals surface area contributed by atoms with Crippen LogP contribution in [0.2, 0.25) is 0 Å². The van der Waals surface area contributed by atoms with Crippen LogP contribution in [0, 0.1) is 16.0 Å². The summed E-state index contributed by atoms with van der Waals surface area (Å²) in [5.74, 6) is 0.380. The second-order valence-electron chi connectivity index (χ2n) is 7.90. The first-order chi connectivity index (χ1) is 13.0. The standard InChI is InChI=1S/C22H24N2O3/c1-22-14-6-5-9-19(22)21(25)15-20(16-7-3-2-4-8-16)23(22)17-10-12-18(13-11-17)24(26)27/h2-4,7-8,10-13,19-20H,5-6,9,14-15H2,1H3/t19-,20-,22-/m0/s1. The highest BCUT2D eigenvalue weighted by Crippen LogP contribution is 2.50. The molecule has 1 aliphatic heterocycles. The van der Waals surface area contributed by atoms with Crippen molar-refractivity contribution in [2.45, 2.75) is 50.6 Å². The van der Waals surface area contributed by atoms with Gasteiger partial charge in [-0.15, -0.1) is 0 Å². The molecule has 2 fully saturated rings. The molecule has 1 saturated heterocycles. The molecule has 1 saturated carbocycles. The van der Waals surface area contributed by atoms with Crippen molar-refractivity contribution >= 4 is 17.2 Å². The number of nitro benzene ring substituents is 1. The molecule has 2 aromatic carbocycles. The summed E-state index contributed by atoms with van der Waals surface area (Å²) in [6.07, 6.45) is 4.58. The molecule has 140 valence electrons. The fourth-order valence-corrected chi connectivity index (χ4v) is 5.04. The van der Waals surface area contributed by atoms with E-state index in [-0.39, 0.29) is 28.1 Å². The van der Waals surface area contributed by atoms with E-state index in [0.29, 0.717) is 12.2 Å². The number of carbonyl (C=O) groups is 1. The number of hydrogen-bond donors (Lipinski definition) is 0. The minimum absolute atomic E-state index is 0.0291. The smallest absolute Gasteiger partial charge is 0.269 e. The molecule has 1 aliphatic carbocycles. The van der Waals surface area contributed by atoms with Crippen LogP contribution in [0.5, 0.6) is 0 Å². The second kappa shape index (κ2) is 6.80. The average molecular weight is 364 g/mol. The summed E-state index contributed by atoms with van der Waals surface area (Å²) < 4.78 is 0. The predicted molar refractivity (Wildman–Crippen MR) is 105 cm³/mol. The van der Waals surface area contributed by atoms with E-state index in [9.17, 15) is 14.9 Å². The molecule has 2 aromatic rings. The molecule has 0 aromatic heterocycles. The molecule has 0 radical (unpaired) electrons. The topological polar surface area (TPSA) is 63.5 Å². The number of benzene rings is 2. The largest absolute Gasteiger partial charge is 0.358 e. The predicted octanol–water partition coefficient (Wildman–Crippen LogP) is 5.06. The van der Waals surface area contributed by atoms with E-state index in [1.807, 2.05) is 30.3 Å². The van der Waals surface area contributed by atoms with Gasteiger partial charge >= 0.3 is 0 Å². The number of nitro groups is 1. The summed E-state index contributed by atoms with van der Waals surface area (Å²) in [6, 6.07) is 16.9. The first-order valence-electron chi connectivity index (χ1n) is 9.62. The number of anilines is 1. The summed E-state index contributed by atoms with van der Waals surface area (Å²) in [5, 5.41) is 11.1. The van der Waals surface area contributed by atoms with E-state index >= 15 is 0 Å². The van der Waals surface area contributed by atoms with Crippen molar-refractivity contribution in [3.8, 4) is 0 Å². The maximum atomic E-state index is 13.0. The highest BCUT2D eigenvalue weighted by molar-refractivity contribution is 5.86. The third kappa shape index (κ3) is 3.01. The van der Waals surface area contributed by atoms with Crippen molar-refractivity contribution in [1.29, 1.82) is 0 Å². The van der Waals surface area contributed by atoms with Gasteiger partial charge in [0.15, 0.2) is 0 Å². The van der Waals surface area contributed by atoms with Crippen LogP contribution in [-0.4, -0.2) is 16.2 Å². The Hall–Kier alpha value is -2.69. The number of nitrogens with zero attached hydrogens (tertiary/aromatic N) is 2. The molecule has 5 nitrogen and oxygen atoms in total. The molecule has 1 heterocycles. The van der Waals surface area contributed by atoms with Gasteiger partial charge in [0.2, 0.25) is 0 Å². The number of fused-ring (bicyclic) bond motifs is 1. The van der Waals surface area contributed by atoms with Gasteiger partial charge in [0, 0.05) is 35.7 Å². The Labute approximate surface area is 159 Å². The zero-order valence-corrected chi connectivity index (χ0v) is 15.5. The van der Waals surface area contributed by atoms with E-state index in [4.69, 9.17) is 0 Å². The first kappa shape index (κ1) is 17.7. The van der Waals surface area contributed by atoms with Crippen LogP contribution in [0.1, 0.15) is 50.6 Å². The maximum absolute atomic E-state index is 13.0. The third-order valence-electron chi connectivity index (χ3n) is 6.34. The zero-order valence-electron chi connectivity index (χ0n) is 15.5. The normalized spacial score (nSPS) is 27.9. The highest BCUT2D eigenvalue weighted by atomic mass is 16.6. The first-order valence-corrected chi connectivity index (χ1v) is 9.62. The molecule has 3 atom stereocenters. The third-order valence-corrected chi connectivity index (χ3v) is 6.34. The quantitative estimate of drug-likeness (QED) is 0.564. The number of non-ortho nitro benzene ring substituents is 1. The van der Waals surface area contributed by atoms with Crippen molar-refractivity contribution < 1.29 is 9.72 Å². The Morgan fingerprint density at radius 3 is 2.44 bits per heavy atom. The lowest BCUT2D eigenvalue weighted by atomic mass is 9.65. The van der Waals surface area contributed by atoms with Gasteiger partial charge in [-0.25, -0.2) is 0 Å². The molecule has 0 bridgehead atoms. The van der Waals surface area contributed by atoms with Crippen molar-refractivity contribution in [2.75, 3.05) is 4.90 Å². The van der Waals surface area contributed by atoms with Gasteiger partial charge < -0.3 is 4.90 Å². The summed E-state index contributed by atoms with van der Waals surface area (Å²) in [4.78, 5) is 26.1. The van der Waals surface area contributed by atoms with Crippen molar-refractivity contribution in [1.82, 2.24) is 0 Å². The van der Waals surface area contributed by atoms with E-state index in [1.165, 1.54) is 0 Å². The van der Waals surface area contributed by atoms with Crippen molar-refractivity contribution in [3.63, 3.8) is 0 Å². The minimum atomic E-state index is -0.372. The van der Waals surface area contributed by atoms with E-state index in [2.05, 4.69) is 24.0 Å². The van der Waals surface area contributed by atoms with Gasteiger partial charge in [0.1, 0.15) is 5.78 Å². The molecule has 0 spiro atoms. The number of ketones is 1. The maximum Gasteiger partial charge on any atom is 0.269 e. The summed E-state index contributed by atoms with van der Waals surface area (Å²) in [5.41, 5.74) is 1.91. The molecule has 0 amide bonds. The van der Waals surface area contributed by atoms with Gasteiger partial charge in [-0.1, -0.05) is 43.2 Å². The molecular weight excluding hydrogens is 340 g/mol. The summed E-state index contributed by atoms with van der Waals surface area (Å²) in [6.45, 7) is 2.20. The monoisotopic (exact) mass is 364 g/mol. The lowest BCUT2D eigenvalue weighted by Gasteiger charge is -2.56. The van der Waals surface area contributed by atoms with Crippen LogP contribution in [0.15, 0.2) is 54.6 Å². The molecule has 27 heavy (non-hydrogen) atoms. The SMILES string of the molecule is C[C@]12CCCC[C@H]1C(=O)C[C@@H](c1ccccc1)N2c1ccc([N+](=O)[O-])cc1. The van der Waals surface area contributed by atoms with Crippen LogP contribution < -0.4 is 4.90 Å². The number of carbonyl (C=O) groups excluding carboxylic acids is 1. The van der Waals surface area contributed by atoms with Crippen LogP contribution in [-0.2, 0) is 4.79 Å². The summed E-state index contributed by atoms with van der Waals surface area (Å²) >= 11 is 0. The average Bonchev–Trinajstić information content (AvgIpc) is 2.68. The number of piperidine rings is 1. The van der Waals surface area contributed by atoms with Gasteiger partial charge in [0.05, 0.1) is 11.0 Å². The van der Waals surface area contributed by atoms with Gasteiger partial charge in [-0.05, 0) is 37.5 Å². The summed E-state index contributed by atoms with van der Waals surface area (Å²) in [7, 11) is 0. The Bertz CT molecular complexity index is 850. The Morgan fingerprint density at radius 1 is 1.07 bits per heavy atom. The molecule has 5 heteroatoms. The van der Waals surface area contributed by atoms with Crippen LogP contribution in [0.4, 0.5) is 11.4 Å². The van der Waals surface area contributed by atoms with E-state index in [0.717, 1.165) is 36.9 Å². The van der Waals surface area contributed by atoms with Crippen LogP contribution >= 0.6 is 0 Å². The molecular formula is C22H24N2O3. The van der Waals surface area contributed by atoms with Crippen molar-refractivity contribution in [3.05, 3.63) is 70.3 Å². The lowest BCUT2D eigenvalue weighted by molar-refractivity contribution is -0.384. The van der Waals surface area contributed by atoms with Crippen LogP contribution in [0.3, 0.4) is 0 Å². The molecule has 4 rings (SSSR count). The number of Topliss-reactive ketones (excluding diaryl/α,β-unsaturated/α-hetero) is 1. The minimum Gasteiger partial charge on any atom is -0.358 e. The Balaban J connectivity index is 1.82. The lowest BCUT2D eigenvalue weighted by Crippen LogP contribution is -2.61. The fraction of sp³-hybridized carbons (Fsp3) is 0.409. The number of hydrogen-bond acceptors (Lipinski definition) is 4. The van der Waals surface area contributed by atoms with Crippen molar-refractivity contribution in [2.24, 2.45) is 5.92 Å². The number of rotatable bonds is 3. The van der Waals surface area contributed by atoms with Gasteiger partial charge in [-0.2, -0.15) is 0 Å². The Kier molecular flexibility index (Phi) is 4.46. The van der Waals surface area contributed by atoms with Gasteiger partial charge in [0.25, 0.3) is 5.69 Å². The fourth-order valence-electron chi connectivity index (χ4n) is 5.04. The molecule has 0 N–H and O–H groups in total. The van der Waals surface area contributed by atoms with E-state index < -0.39 is 0 Å². The Morgan fingerprint density at radius 2 is 1.78 bits per heavy atom. The van der Waals surface area contributed by atoms with Crippen LogP contribution in [0.25, 0.3) is 0 Å². The molecule has 0 unspecified atom stereocenters. The van der Waals surface area contributed by atoms with E-state index in [1.54, 1.807) is 12.1 Å².